The summed E-state index contributed by atoms with van der Waals surface area (Å²) >= 11 is 0. The van der Waals surface area contributed by atoms with Crippen molar-refractivity contribution < 1.29 is 27.1 Å². The van der Waals surface area contributed by atoms with E-state index in [0.717, 1.165) is 22.2 Å². The van der Waals surface area contributed by atoms with E-state index in [1.807, 2.05) is 44.2 Å². The Morgan fingerprint density at radius 2 is 1.62 bits per heavy atom. The average Bonchev–Trinajstić information content (AvgIpc) is 2.93. The third-order valence-electron chi connectivity index (χ3n) is 6.56. The lowest BCUT2D eigenvalue weighted by molar-refractivity contribution is -0.140. The third-order valence-corrected chi connectivity index (χ3v) is 7.69. The van der Waals surface area contributed by atoms with E-state index in [1.54, 1.807) is 24.3 Å². The largest absolute Gasteiger partial charge is 0.497 e. The normalized spacial score (nSPS) is 12.7. The van der Waals surface area contributed by atoms with Crippen molar-refractivity contribution in [3.05, 3.63) is 95.8 Å². The maximum absolute atomic E-state index is 14.7. The molecule has 0 unspecified atom stereocenters. The number of anilines is 1. The summed E-state index contributed by atoms with van der Waals surface area (Å²) in [5, 5.41) is 2.97. The predicted octanol–water partition coefficient (Wildman–Crippen LogP) is 4.16. The minimum Gasteiger partial charge on any atom is -0.497 e. The van der Waals surface area contributed by atoms with Crippen LogP contribution in [0.4, 0.5) is 10.1 Å². The molecule has 0 aliphatic carbocycles. The molecule has 0 bridgehead atoms. The van der Waals surface area contributed by atoms with Crippen molar-refractivity contribution in [2.75, 3.05) is 24.2 Å². The number of rotatable bonds is 13. The highest BCUT2D eigenvalue weighted by atomic mass is 32.2. The standard InChI is InChI=1S/C30H36FN3O5S/c1-5-22(2)32-30(36)28(19-23-12-7-6-8-13-23)33(20-24-14-11-15-25(18-24)39-3)29(35)21-34(40(4,37)38)27-17-10-9-16-26(27)31/h6-18,22,28H,5,19-21H2,1-4H3,(H,32,36)/t22-,28+/m1/s1. The lowest BCUT2D eigenvalue weighted by atomic mass is 10.0. The van der Waals surface area contributed by atoms with Crippen LogP contribution < -0.4 is 14.4 Å². The molecule has 0 radical (unpaired) electrons. The Morgan fingerprint density at radius 3 is 2.25 bits per heavy atom. The number of para-hydroxylation sites is 1. The Hall–Kier alpha value is -3.92. The van der Waals surface area contributed by atoms with Crippen LogP contribution in [0.25, 0.3) is 0 Å². The fraction of sp³-hybridized carbons (Fsp3) is 0.333. The molecule has 40 heavy (non-hydrogen) atoms. The van der Waals surface area contributed by atoms with E-state index >= 15 is 0 Å². The molecule has 0 spiro atoms. The summed E-state index contributed by atoms with van der Waals surface area (Å²) in [5.41, 5.74) is 1.26. The van der Waals surface area contributed by atoms with Gasteiger partial charge in [0, 0.05) is 19.0 Å². The first-order chi connectivity index (χ1) is 19.0. The van der Waals surface area contributed by atoms with Crippen molar-refractivity contribution >= 4 is 27.5 Å². The summed E-state index contributed by atoms with van der Waals surface area (Å²) in [6, 6.07) is 20.6. The topological polar surface area (TPSA) is 96.0 Å². The number of halogens is 1. The van der Waals surface area contributed by atoms with Crippen molar-refractivity contribution in [3.63, 3.8) is 0 Å². The Balaban J connectivity index is 2.08. The number of benzene rings is 3. The molecule has 2 amide bonds. The van der Waals surface area contributed by atoms with E-state index < -0.39 is 34.3 Å². The Bertz CT molecular complexity index is 1400. The van der Waals surface area contributed by atoms with Gasteiger partial charge in [0.15, 0.2) is 0 Å². The van der Waals surface area contributed by atoms with E-state index in [9.17, 15) is 22.4 Å². The van der Waals surface area contributed by atoms with Gasteiger partial charge in [-0.15, -0.1) is 0 Å². The van der Waals surface area contributed by atoms with Crippen molar-refractivity contribution in [2.24, 2.45) is 0 Å². The number of sulfonamides is 1. The molecule has 0 heterocycles. The maximum Gasteiger partial charge on any atom is 0.244 e. The molecule has 3 aromatic carbocycles. The summed E-state index contributed by atoms with van der Waals surface area (Å²) in [5.74, 6) is -1.24. The van der Waals surface area contributed by atoms with E-state index in [2.05, 4.69) is 5.32 Å². The first-order valence-corrected chi connectivity index (χ1v) is 14.9. The van der Waals surface area contributed by atoms with Gasteiger partial charge in [-0.2, -0.15) is 0 Å². The van der Waals surface area contributed by atoms with Gasteiger partial charge in [-0.3, -0.25) is 13.9 Å². The zero-order valence-electron chi connectivity index (χ0n) is 23.2. The molecule has 0 aromatic heterocycles. The van der Waals surface area contributed by atoms with Crippen LogP contribution in [0.5, 0.6) is 5.75 Å². The molecule has 8 nitrogen and oxygen atoms in total. The number of nitrogens with zero attached hydrogens (tertiary/aromatic N) is 2. The van der Waals surface area contributed by atoms with Crippen molar-refractivity contribution in [3.8, 4) is 5.75 Å². The summed E-state index contributed by atoms with van der Waals surface area (Å²) in [6.45, 7) is 3.12. The molecule has 10 heteroatoms. The lowest BCUT2D eigenvalue weighted by Gasteiger charge is -2.34. The summed E-state index contributed by atoms with van der Waals surface area (Å²) < 4.78 is 46.3. The van der Waals surface area contributed by atoms with E-state index in [0.29, 0.717) is 17.7 Å². The van der Waals surface area contributed by atoms with Gasteiger partial charge in [-0.25, -0.2) is 12.8 Å². The molecular formula is C30H36FN3O5S. The first-order valence-electron chi connectivity index (χ1n) is 13.0. The van der Waals surface area contributed by atoms with Crippen LogP contribution in [0.15, 0.2) is 78.9 Å². The van der Waals surface area contributed by atoms with Crippen molar-refractivity contribution in [1.82, 2.24) is 10.2 Å². The van der Waals surface area contributed by atoms with Gasteiger partial charge in [0.25, 0.3) is 0 Å². The van der Waals surface area contributed by atoms with Gasteiger partial charge >= 0.3 is 0 Å². The van der Waals surface area contributed by atoms with Crippen LogP contribution in [0.2, 0.25) is 0 Å². The molecule has 0 saturated carbocycles. The molecule has 0 aliphatic heterocycles. The Labute approximate surface area is 235 Å². The Morgan fingerprint density at radius 1 is 0.975 bits per heavy atom. The van der Waals surface area contributed by atoms with Crippen molar-refractivity contribution in [1.29, 1.82) is 0 Å². The molecule has 3 aromatic rings. The number of hydrogen-bond donors (Lipinski definition) is 1. The molecule has 3 rings (SSSR count). The number of nitrogens with one attached hydrogen (secondary N) is 1. The molecule has 0 fully saturated rings. The van der Waals surface area contributed by atoms with E-state index in [-0.39, 0.29) is 30.6 Å². The zero-order valence-corrected chi connectivity index (χ0v) is 24.0. The quantitative estimate of drug-likeness (QED) is 0.334. The van der Waals surface area contributed by atoms with Crippen LogP contribution in [0, 0.1) is 5.82 Å². The zero-order chi connectivity index (χ0) is 29.3. The van der Waals surface area contributed by atoms with Gasteiger partial charge in [-0.1, -0.05) is 61.5 Å². The summed E-state index contributed by atoms with van der Waals surface area (Å²) in [6.07, 6.45) is 1.79. The molecule has 0 saturated heterocycles. The van der Waals surface area contributed by atoms with Crippen LogP contribution in [-0.2, 0) is 32.6 Å². The second-order valence-corrected chi connectivity index (χ2v) is 11.5. The van der Waals surface area contributed by atoms with Crippen LogP contribution in [0.3, 0.4) is 0 Å². The number of ether oxygens (including phenoxy) is 1. The number of methoxy groups -OCH3 is 1. The predicted molar refractivity (Wildman–Crippen MR) is 154 cm³/mol. The fourth-order valence-corrected chi connectivity index (χ4v) is 5.06. The molecular weight excluding hydrogens is 533 g/mol. The number of carbonyl (C=O) groups excluding carboxylic acids is 2. The maximum atomic E-state index is 14.7. The number of carbonyl (C=O) groups is 2. The van der Waals surface area contributed by atoms with Gasteiger partial charge < -0.3 is 15.0 Å². The van der Waals surface area contributed by atoms with Crippen LogP contribution >= 0.6 is 0 Å². The van der Waals surface area contributed by atoms with E-state index in [1.165, 1.54) is 30.2 Å². The van der Waals surface area contributed by atoms with Gasteiger partial charge in [-0.05, 0) is 48.7 Å². The minimum atomic E-state index is -4.06. The SMILES string of the molecule is CC[C@@H](C)NC(=O)[C@H](Cc1ccccc1)N(Cc1cccc(OC)c1)C(=O)CN(c1ccccc1F)S(C)(=O)=O. The van der Waals surface area contributed by atoms with Crippen LogP contribution in [0.1, 0.15) is 31.4 Å². The second kappa shape index (κ2) is 13.9. The first kappa shape index (κ1) is 30.6. The number of amides is 2. The van der Waals surface area contributed by atoms with Gasteiger partial charge in [0.2, 0.25) is 21.8 Å². The van der Waals surface area contributed by atoms with Crippen LogP contribution in [-0.4, -0.2) is 57.1 Å². The number of hydrogen-bond acceptors (Lipinski definition) is 5. The smallest absolute Gasteiger partial charge is 0.244 e. The molecule has 214 valence electrons. The fourth-order valence-electron chi connectivity index (χ4n) is 4.21. The monoisotopic (exact) mass is 569 g/mol. The van der Waals surface area contributed by atoms with Gasteiger partial charge in [0.05, 0.1) is 19.1 Å². The minimum absolute atomic E-state index is 0.00364. The Kier molecular flexibility index (Phi) is 10.7. The van der Waals surface area contributed by atoms with Crippen molar-refractivity contribution in [2.45, 2.75) is 45.3 Å². The molecule has 0 aliphatic rings. The van der Waals surface area contributed by atoms with E-state index in [4.69, 9.17) is 4.74 Å². The average molecular weight is 570 g/mol. The lowest BCUT2D eigenvalue weighted by Crippen LogP contribution is -2.54. The summed E-state index contributed by atoms with van der Waals surface area (Å²) in [7, 11) is -2.53. The highest BCUT2D eigenvalue weighted by molar-refractivity contribution is 7.92. The highest BCUT2D eigenvalue weighted by Gasteiger charge is 2.34. The summed E-state index contributed by atoms with van der Waals surface area (Å²) in [4.78, 5) is 29.0. The highest BCUT2D eigenvalue weighted by Crippen LogP contribution is 2.23. The van der Waals surface area contributed by atoms with Gasteiger partial charge in [0.1, 0.15) is 24.2 Å². The second-order valence-electron chi connectivity index (χ2n) is 9.62. The third kappa shape index (κ3) is 8.29. The molecule has 1 N–H and O–H groups in total. The molecule has 2 atom stereocenters.